The smallest absolute Gasteiger partial charge is 0.168 e. The summed E-state index contributed by atoms with van der Waals surface area (Å²) in [6.07, 6.45) is 7.14. The van der Waals surface area contributed by atoms with E-state index in [2.05, 4.69) is 10.3 Å². The molecule has 0 unspecified atom stereocenters. The van der Waals surface area contributed by atoms with Gasteiger partial charge in [-0.2, -0.15) is 0 Å². The summed E-state index contributed by atoms with van der Waals surface area (Å²) in [5.74, 6) is 1.76. The first-order valence-electron chi connectivity index (χ1n) is 6.14. The molecule has 1 saturated carbocycles. The fourth-order valence-corrected chi connectivity index (χ4v) is 2.11. The summed E-state index contributed by atoms with van der Waals surface area (Å²) in [5.41, 5.74) is 0. The van der Waals surface area contributed by atoms with Gasteiger partial charge in [0.25, 0.3) is 0 Å². The Morgan fingerprint density at radius 3 is 2.81 bits per heavy atom. The van der Waals surface area contributed by atoms with Crippen LogP contribution in [-0.2, 0) is 0 Å². The second kappa shape index (κ2) is 5.19. The fraction of sp³-hybridized carbons (Fsp3) is 0.615. The van der Waals surface area contributed by atoms with Crippen molar-refractivity contribution >= 4 is 5.82 Å². The van der Waals surface area contributed by atoms with Crippen LogP contribution in [0.3, 0.4) is 0 Å². The van der Waals surface area contributed by atoms with Crippen molar-refractivity contribution < 1.29 is 4.74 Å². The Bertz CT molecular complexity index is 332. The first-order valence-corrected chi connectivity index (χ1v) is 6.14. The fourth-order valence-electron chi connectivity index (χ4n) is 2.11. The zero-order valence-corrected chi connectivity index (χ0v) is 10.1. The molecule has 3 heteroatoms. The Hall–Kier alpha value is -1.25. The number of hydrogen-bond acceptors (Lipinski definition) is 3. The van der Waals surface area contributed by atoms with E-state index in [-0.39, 0.29) is 6.10 Å². The third-order valence-electron chi connectivity index (χ3n) is 2.83. The quantitative estimate of drug-likeness (QED) is 0.846. The molecule has 0 radical (unpaired) electrons. The lowest BCUT2D eigenvalue weighted by molar-refractivity contribution is 0.242. The Kier molecular flexibility index (Phi) is 3.65. The molecule has 1 aliphatic carbocycles. The van der Waals surface area contributed by atoms with Crippen molar-refractivity contribution in [3.8, 4) is 5.75 Å². The third-order valence-corrected chi connectivity index (χ3v) is 2.83. The Morgan fingerprint density at radius 2 is 2.12 bits per heavy atom. The average molecular weight is 220 g/mol. The van der Waals surface area contributed by atoms with Crippen LogP contribution in [0, 0.1) is 0 Å². The Labute approximate surface area is 97.2 Å². The summed E-state index contributed by atoms with van der Waals surface area (Å²) in [4.78, 5) is 4.36. The molecule has 1 aliphatic rings. The summed E-state index contributed by atoms with van der Waals surface area (Å²) < 4.78 is 5.73. The van der Waals surface area contributed by atoms with Gasteiger partial charge in [-0.3, -0.25) is 0 Å². The molecule has 1 aromatic heterocycles. The van der Waals surface area contributed by atoms with Crippen molar-refractivity contribution in [2.75, 3.05) is 5.32 Å². The van der Waals surface area contributed by atoms with Gasteiger partial charge in [-0.25, -0.2) is 4.98 Å². The highest BCUT2D eigenvalue weighted by atomic mass is 16.5. The SMILES string of the molecule is CC(C)Oc1cccnc1NC1CCCC1. The van der Waals surface area contributed by atoms with Gasteiger partial charge in [0.2, 0.25) is 0 Å². The van der Waals surface area contributed by atoms with Gasteiger partial charge >= 0.3 is 0 Å². The highest BCUT2D eigenvalue weighted by molar-refractivity contribution is 5.50. The molecule has 1 N–H and O–H groups in total. The summed E-state index contributed by atoms with van der Waals surface area (Å²) in [6.45, 7) is 4.07. The largest absolute Gasteiger partial charge is 0.487 e. The van der Waals surface area contributed by atoms with Crippen molar-refractivity contribution in [3.05, 3.63) is 18.3 Å². The lowest BCUT2D eigenvalue weighted by Crippen LogP contribution is -2.17. The van der Waals surface area contributed by atoms with E-state index in [0.29, 0.717) is 6.04 Å². The lowest BCUT2D eigenvalue weighted by Gasteiger charge is -2.17. The number of nitrogens with zero attached hydrogens (tertiary/aromatic N) is 1. The number of hydrogen-bond donors (Lipinski definition) is 1. The molecule has 3 nitrogen and oxygen atoms in total. The number of anilines is 1. The van der Waals surface area contributed by atoms with E-state index in [4.69, 9.17) is 4.74 Å². The minimum absolute atomic E-state index is 0.188. The molecule has 1 heterocycles. The van der Waals surface area contributed by atoms with Crippen LogP contribution >= 0.6 is 0 Å². The number of aromatic nitrogens is 1. The second-order valence-corrected chi connectivity index (χ2v) is 4.64. The Balaban J connectivity index is 2.06. The van der Waals surface area contributed by atoms with Gasteiger partial charge in [0.1, 0.15) is 0 Å². The van der Waals surface area contributed by atoms with E-state index in [1.54, 1.807) is 0 Å². The van der Waals surface area contributed by atoms with E-state index >= 15 is 0 Å². The third kappa shape index (κ3) is 2.87. The van der Waals surface area contributed by atoms with Gasteiger partial charge in [-0.05, 0) is 38.8 Å². The summed E-state index contributed by atoms with van der Waals surface area (Å²) in [6, 6.07) is 4.46. The molecular weight excluding hydrogens is 200 g/mol. The van der Waals surface area contributed by atoms with Crippen molar-refractivity contribution in [2.45, 2.75) is 51.7 Å². The molecular formula is C13H20N2O. The molecule has 16 heavy (non-hydrogen) atoms. The van der Waals surface area contributed by atoms with Crippen LogP contribution in [0.4, 0.5) is 5.82 Å². The van der Waals surface area contributed by atoms with E-state index in [1.165, 1.54) is 25.7 Å². The van der Waals surface area contributed by atoms with Gasteiger partial charge in [0.15, 0.2) is 11.6 Å². The van der Waals surface area contributed by atoms with E-state index < -0.39 is 0 Å². The molecule has 2 rings (SSSR count). The van der Waals surface area contributed by atoms with Gasteiger partial charge in [0.05, 0.1) is 6.10 Å². The molecule has 1 aromatic rings. The van der Waals surface area contributed by atoms with E-state index in [9.17, 15) is 0 Å². The molecule has 0 bridgehead atoms. The lowest BCUT2D eigenvalue weighted by atomic mass is 10.2. The number of nitrogens with one attached hydrogen (secondary N) is 1. The maximum atomic E-state index is 5.73. The van der Waals surface area contributed by atoms with Gasteiger partial charge in [-0.15, -0.1) is 0 Å². The first kappa shape index (κ1) is 11.2. The molecule has 0 amide bonds. The van der Waals surface area contributed by atoms with Crippen molar-refractivity contribution in [1.82, 2.24) is 4.98 Å². The van der Waals surface area contributed by atoms with Crippen molar-refractivity contribution in [2.24, 2.45) is 0 Å². The molecule has 0 aliphatic heterocycles. The zero-order valence-electron chi connectivity index (χ0n) is 10.1. The van der Waals surface area contributed by atoms with Crippen LogP contribution in [0.15, 0.2) is 18.3 Å². The van der Waals surface area contributed by atoms with Gasteiger partial charge < -0.3 is 10.1 Å². The van der Waals surface area contributed by atoms with E-state index in [1.807, 2.05) is 32.2 Å². The van der Waals surface area contributed by atoms with Crippen LogP contribution in [0.1, 0.15) is 39.5 Å². The van der Waals surface area contributed by atoms with E-state index in [0.717, 1.165) is 11.6 Å². The van der Waals surface area contributed by atoms with Crippen LogP contribution in [0.2, 0.25) is 0 Å². The van der Waals surface area contributed by atoms with Crippen molar-refractivity contribution in [1.29, 1.82) is 0 Å². The summed E-state index contributed by atoms with van der Waals surface area (Å²) >= 11 is 0. The standard InChI is InChI=1S/C13H20N2O/c1-10(2)16-12-8-5-9-14-13(12)15-11-6-3-4-7-11/h5,8-11H,3-4,6-7H2,1-2H3,(H,14,15). The highest BCUT2D eigenvalue weighted by Gasteiger charge is 2.17. The molecule has 0 aromatic carbocycles. The Morgan fingerprint density at radius 1 is 1.38 bits per heavy atom. The molecule has 0 saturated heterocycles. The number of rotatable bonds is 4. The zero-order chi connectivity index (χ0) is 11.4. The second-order valence-electron chi connectivity index (χ2n) is 4.64. The summed E-state index contributed by atoms with van der Waals surface area (Å²) in [7, 11) is 0. The molecule has 88 valence electrons. The molecule has 0 spiro atoms. The van der Waals surface area contributed by atoms with Crippen LogP contribution in [0.5, 0.6) is 5.75 Å². The average Bonchev–Trinajstić information content (AvgIpc) is 2.73. The predicted molar refractivity (Wildman–Crippen MR) is 65.9 cm³/mol. The first-order chi connectivity index (χ1) is 7.75. The van der Waals surface area contributed by atoms with Crippen LogP contribution in [-0.4, -0.2) is 17.1 Å². The van der Waals surface area contributed by atoms with Crippen LogP contribution in [0.25, 0.3) is 0 Å². The van der Waals surface area contributed by atoms with Crippen molar-refractivity contribution in [3.63, 3.8) is 0 Å². The van der Waals surface area contributed by atoms with Crippen LogP contribution < -0.4 is 10.1 Å². The normalized spacial score (nSPS) is 16.7. The van der Waals surface area contributed by atoms with Gasteiger partial charge in [0, 0.05) is 12.2 Å². The topological polar surface area (TPSA) is 34.1 Å². The minimum Gasteiger partial charge on any atom is -0.487 e. The summed E-state index contributed by atoms with van der Waals surface area (Å²) in [5, 5.41) is 3.48. The number of ether oxygens (including phenoxy) is 1. The maximum Gasteiger partial charge on any atom is 0.168 e. The maximum absolute atomic E-state index is 5.73. The monoisotopic (exact) mass is 220 g/mol. The molecule has 0 atom stereocenters. The predicted octanol–water partition coefficient (Wildman–Crippen LogP) is 3.22. The molecule has 1 fully saturated rings. The van der Waals surface area contributed by atoms with Gasteiger partial charge in [-0.1, -0.05) is 12.8 Å². The highest BCUT2D eigenvalue weighted by Crippen LogP contribution is 2.27. The number of pyridine rings is 1. The minimum atomic E-state index is 0.188.